The Morgan fingerprint density at radius 2 is 1.57 bits per heavy atom. The zero-order valence-electron chi connectivity index (χ0n) is 11.1. The lowest BCUT2D eigenvalue weighted by Gasteiger charge is -2.11. The van der Waals surface area contributed by atoms with Gasteiger partial charge >= 0.3 is 5.76 Å². The number of hydrogen-bond acceptors (Lipinski definition) is 5. The molecular formula is C11H13F2NO5S2. The van der Waals surface area contributed by atoms with Gasteiger partial charge in [-0.2, -0.15) is 8.78 Å². The molecule has 0 aromatic heterocycles. The second-order valence-electron chi connectivity index (χ2n) is 4.29. The van der Waals surface area contributed by atoms with Gasteiger partial charge in [-0.05, 0) is 31.2 Å². The third kappa shape index (κ3) is 4.21. The van der Waals surface area contributed by atoms with Crippen molar-refractivity contribution in [1.29, 1.82) is 0 Å². The zero-order valence-corrected chi connectivity index (χ0v) is 12.7. The van der Waals surface area contributed by atoms with E-state index in [0.717, 1.165) is 30.5 Å². The summed E-state index contributed by atoms with van der Waals surface area (Å²) in [5.74, 6) is -4.34. The Kier molecular flexibility index (Phi) is 5.05. The van der Waals surface area contributed by atoms with E-state index in [2.05, 4.69) is 5.32 Å². The number of sulfone groups is 2. The highest BCUT2D eigenvalue weighted by Crippen LogP contribution is 2.20. The first-order chi connectivity index (χ1) is 9.46. The van der Waals surface area contributed by atoms with Crippen molar-refractivity contribution in [2.24, 2.45) is 0 Å². The molecule has 1 aromatic carbocycles. The Balaban J connectivity index is 2.93. The average molecular weight is 341 g/mol. The molecule has 1 atom stereocenters. The Labute approximate surface area is 121 Å². The van der Waals surface area contributed by atoms with Crippen LogP contribution in [0.25, 0.3) is 0 Å². The van der Waals surface area contributed by atoms with Crippen molar-refractivity contribution < 1.29 is 30.4 Å². The number of nitrogens with one attached hydrogen (secondary N) is 1. The molecule has 1 aromatic rings. The van der Waals surface area contributed by atoms with Crippen LogP contribution in [0.4, 0.5) is 14.5 Å². The highest BCUT2D eigenvalue weighted by atomic mass is 32.2. The molecule has 0 spiro atoms. The van der Waals surface area contributed by atoms with Gasteiger partial charge in [0.15, 0.2) is 9.84 Å². The zero-order chi connectivity index (χ0) is 16.4. The van der Waals surface area contributed by atoms with Crippen molar-refractivity contribution in [3.05, 3.63) is 24.3 Å². The number of benzene rings is 1. The van der Waals surface area contributed by atoms with Crippen molar-refractivity contribution in [3.63, 3.8) is 0 Å². The molecule has 0 radical (unpaired) electrons. The van der Waals surface area contributed by atoms with Gasteiger partial charge in [-0.15, -0.1) is 0 Å². The molecule has 0 saturated carbocycles. The second-order valence-corrected chi connectivity index (χ2v) is 8.57. The molecule has 0 heterocycles. The summed E-state index contributed by atoms with van der Waals surface area (Å²) in [6.45, 7) is 1.19. The van der Waals surface area contributed by atoms with Crippen molar-refractivity contribution in [2.45, 2.75) is 22.8 Å². The molecule has 1 amide bonds. The van der Waals surface area contributed by atoms with Crippen molar-refractivity contribution >= 4 is 31.3 Å². The summed E-state index contributed by atoms with van der Waals surface area (Å²) in [6.07, 6.45) is 0.898. The maximum absolute atomic E-state index is 12.3. The number of rotatable bonds is 5. The van der Waals surface area contributed by atoms with Gasteiger partial charge in [0.25, 0.3) is 0 Å². The number of halogens is 2. The quantitative estimate of drug-likeness (QED) is 0.863. The van der Waals surface area contributed by atoms with Crippen LogP contribution in [0.3, 0.4) is 0 Å². The Morgan fingerprint density at radius 1 is 1.10 bits per heavy atom. The van der Waals surface area contributed by atoms with Crippen LogP contribution >= 0.6 is 0 Å². The van der Waals surface area contributed by atoms with Crippen LogP contribution in [-0.2, 0) is 24.5 Å². The van der Waals surface area contributed by atoms with E-state index < -0.39 is 41.5 Å². The SMILES string of the molecule is C[C@@H](C(=O)Nc1ccc(S(=O)(=O)C(F)F)cc1)S(C)(=O)=O. The molecule has 0 fully saturated rings. The van der Waals surface area contributed by atoms with Gasteiger partial charge in [-0.25, -0.2) is 16.8 Å². The Morgan fingerprint density at radius 3 is 1.95 bits per heavy atom. The van der Waals surface area contributed by atoms with Gasteiger partial charge in [0.2, 0.25) is 15.7 Å². The minimum atomic E-state index is -4.70. The molecule has 0 unspecified atom stereocenters. The molecule has 0 aliphatic heterocycles. The number of anilines is 1. The molecular weight excluding hydrogens is 328 g/mol. The van der Waals surface area contributed by atoms with E-state index in [1.807, 2.05) is 0 Å². The van der Waals surface area contributed by atoms with Crippen LogP contribution in [0, 0.1) is 0 Å². The third-order valence-corrected chi connectivity index (χ3v) is 5.59. The van der Waals surface area contributed by atoms with Crippen molar-refractivity contribution in [3.8, 4) is 0 Å². The topological polar surface area (TPSA) is 97.4 Å². The van der Waals surface area contributed by atoms with E-state index in [0.29, 0.717) is 0 Å². The van der Waals surface area contributed by atoms with Gasteiger partial charge in [0.05, 0.1) is 4.90 Å². The molecule has 1 N–H and O–H groups in total. The predicted octanol–water partition coefficient (Wildman–Crippen LogP) is 1.05. The van der Waals surface area contributed by atoms with E-state index in [1.54, 1.807) is 0 Å². The lowest BCUT2D eigenvalue weighted by molar-refractivity contribution is -0.115. The van der Waals surface area contributed by atoms with Crippen molar-refractivity contribution in [2.75, 3.05) is 11.6 Å². The number of carbonyl (C=O) groups excluding carboxylic acids is 1. The lowest BCUT2D eigenvalue weighted by atomic mass is 10.3. The van der Waals surface area contributed by atoms with Crippen LogP contribution in [0.5, 0.6) is 0 Å². The standard InChI is InChI=1S/C11H13F2NO5S2/c1-7(20(2,16)17)10(15)14-8-3-5-9(6-4-8)21(18,19)11(12)13/h3-7,11H,1-2H3,(H,14,15)/t7-/m0/s1. The van der Waals surface area contributed by atoms with Crippen LogP contribution in [0.1, 0.15) is 6.92 Å². The fourth-order valence-electron chi connectivity index (χ4n) is 1.27. The van der Waals surface area contributed by atoms with E-state index in [1.165, 1.54) is 6.92 Å². The summed E-state index contributed by atoms with van der Waals surface area (Å²) in [7, 11) is -8.28. The summed E-state index contributed by atoms with van der Waals surface area (Å²) in [5, 5.41) is 0.966. The molecule has 1 rings (SSSR count). The van der Waals surface area contributed by atoms with Crippen LogP contribution in [-0.4, -0.2) is 40.0 Å². The van der Waals surface area contributed by atoms with Gasteiger partial charge in [0, 0.05) is 11.9 Å². The normalized spacial score (nSPS) is 14.0. The Hall–Kier alpha value is -1.55. The predicted molar refractivity (Wildman–Crippen MR) is 72.6 cm³/mol. The first-order valence-electron chi connectivity index (χ1n) is 5.58. The maximum atomic E-state index is 12.3. The fourth-order valence-corrected chi connectivity index (χ4v) is 2.44. The molecule has 118 valence electrons. The first kappa shape index (κ1) is 17.5. The smallest absolute Gasteiger partial charge is 0.325 e. The van der Waals surface area contributed by atoms with Gasteiger partial charge in [-0.3, -0.25) is 4.79 Å². The molecule has 0 saturated heterocycles. The summed E-state index contributed by atoms with van der Waals surface area (Å²) in [5.41, 5.74) is 0.101. The molecule has 0 bridgehead atoms. The van der Waals surface area contributed by atoms with E-state index in [4.69, 9.17) is 0 Å². The molecule has 0 aliphatic rings. The number of carbonyl (C=O) groups is 1. The van der Waals surface area contributed by atoms with E-state index >= 15 is 0 Å². The third-order valence-electron chi connectivity index (χ3n) is 2.70. The van der Waals surface area contributed by atoms with Crippen LogP contribution < -0.4 is 5.32 Å². The summed E-state index contributed by atoms with van der Waals surface area (Å²) in [4.78, 5) is 11.0. The number of amides is 1. The highest BCUT2D eigenvalue weighted by molar-refractivity contribution is 7.92. The highest BCUT2D eigenvalue weighted by Gasteiger charge is 2.27. The fraction of sp³-hybridized carbons (Fsp3) is 0.364. The largest absolute Gasteiger partial charge is 0.341 e. The second kappa shape index (κ2) is 6.06. The maximum Gasteiger partial charge on any atom is 0.341 e. The minimum Gasteiger partial charge on any atom is -0.325 e. The monoisotopic (exact) mass is 341 g/mol. The number of alkyl halides is 2. The van der Waals surface area contributed by atoms with Gasteiger partial charge in [0.1, 0.15) is 5.25 Å². The summed E-state index contributed by atoms with van der Waals surface area (Å²) < 4.78 is 69.4. The van der Waals surface area contributed by atoms with Crippen LogP contribution in [0.15, 0.2) is 29.2 Å². The van der Waals surface area contributed by atoms with E-state index in [9.17, 15) is 30.4 Å². The van der Waals surface area contributed by atoms with Crippen molar-refractivity contribution in [1.82, 2.24) is 0 Å². The first-order valence-corrected chi connectivity index (χ1v) is 9.08. The minimum absolute atomic E-state index is 0.101. The van der Waals surface area contributed by atoms with E-state index in [-0.39, 0.29) is 5.69 Å². The average Bonchev–Trinajstić information content (AvgIpc) is 2.37. The van der Waals surface area contributed by atoms with Crippen LogP contribution in [0.2, 0.25) is 0 Å². The van der Waals surface area contributed by atoms with Gasteiger partial charge < -0.3 is 5.32 Å². The molecule has 6 nitrogen and oxygen atoms in total. The molecule has 21 heavy (non-hydrogen) atoms. The van der Waals surface area contributed by atoms with Gasteiger partial charge in [-0.1, -0.05) is 0 Å². The number of hydrogen-bond donors (Lipinski definition) is 1. The lowest BCUT2D eigenvalue weighted by Crippen LogP contribution is -2.31. The Bertz CT molecular complexity index is 726. The molecule has 10 heteroatoms. The summed E-state index contributed by atoms with van der Waals surface area (Å²) >= 11 is 0. The summed E-state index contributed by atoms with van der Waals surface area (Å²) in [6, 6.07) is 4.01. The molecule has 0 aliphatic carbocycles.